The molecule has 3 heterocycles. The molecule has 4 atom stereocenters. The molecule has 0 amide bonds. The summed E-state index contributed by atoms with van der Waals surface area (Å²) >= 11 is 0. The predicted molar refractivity (Wildman–Crippen MR) is 121 cm³/mol. The summed E-state index contributed by atoms with van der Waals surface area (Å²) in [4.78, 5) is 6.36. The molecule has 1 aromatic rings. The highest BCUT2D eigenvalue weighted by Gasteiger charge is 2.60. The quantitative estimate of drug-likeness (QED) is 0.516. The van der Waals surface area contributed by atoms with Crippen LogP contribution >= 0.6 is 0 Å². The number of allylic oxidation sites excluding steroid dienone is 2. The predicted octanol–water partition coefficient (Wildman–Crippen LogP) is 3.70. The minimum Gasteiger partial charge on any atom is -0.402 e. The Morgan fingerprint density at radius 2 is 2.06 bits per heavy atom. The number of aromatic nitrogens is 1. The molecular formula is C24H32F3N5O2. The van der Waals surface area contributed by atoms with E-state index in [9.17, 15) is 13.2 Å². The van der Waals surface area contributed by atoms with Crippen LogP contribution in [0.3, 0.4) is 0 Å². The maximum atomic E-state index is 12.7. The van der Waals surface area contributed by atoms with Gasteiger partial charge in [0, 0.05) is 55.2 Å². The number of hydrogen-bond acceptors (Lipinski definition) is 7. The minimum absolute atomic E-state index is 0.0762. The van der Waals surface area contributed by atoms with Gasteiger partial charge in [-0.15, -0.1) is 13.2 Å². The van der Waals surface area contributed by atoms with Crippen LogP contribution in [-0.2, 0) is 4.74 Å². The monoisotopic (exact) mass is 479 g/mol. The van der Waals surface area contributed by atoms with Crippen molar-refractivity contribution < 1.29 is 22.6 Å². The van der Waals surface area contributed by atoms with E-state index in [2.05, 4.69) is 19.9 Å². The lowest BCUT2D eigenvalue weighted by Crippen LogP contribution is -2.64. The molecule has 2 aliphatic carbocycles. The van der Waals surface area contributed by atoms with Gasteiger partial charge in [-0.3, -0.25) is 4.90 Å². The molecule has 0 radical (unpaired) electrons. The minimum atomic E-state index is -4.88. The van der Waals surface area contributed by atoms with Crippen LogP contribution < -0.4 is 15.8 Å². The fourth-order valence-electron chi connectivity index (χ4n) is 6.14. The van der Waals surface area contributed by atoms with E-state index in [0.29, 0.717) is 23.8 Å². The number of nitrogens with two attached hydrogens (primary N) is 1. The van der Waals surface area contributed by atoms with Crippen LogP contribution in [0.25, 0.3) is 0 Å². The average Bonchev–Trinajstić information content (AvgIpc) is 3.08. The van der Waals surface area contributed by atoms with Crippen molar-refractivity contribution in [2.75, 3.05) is 25.4 Å². The van der Waals surface area contributed by atoms with E-state index in [1.54, 1.807) is 6.08 Å². The maximum absolute atomic E-state index is 12.7. The Morgan fingerprint density at radius 1 is 1.35 bits per heavy atom. The molecule has 7 nitrogen and oxygen atoms in total. The van der Waals surface area contributed by atoms with Gasteiger partial charge >= 0.3 is 6.36 Å². The number of fused-ring (bicyclic) bond motifs is 1. The standard InChI is InChI=1S/C24H32F3N5O2/c1-13(2)31-19(9-18(28)14-6-20(22(29)30-10-14)34-24(25,26)27)21-16-7-15(8-17(16)21)32-11-23(12-32)4-3-5-33-23/h6,9-10,13,15-17,21,28,31H,3-5,7-8,11-12H2,1-2H3,(H2,29,30)/b19-9-,28-18?/t15-,16+,17-,21-. The number of ether oxygens (including phenoxy) is 2. The van der Waals surface area contributed by atoms with Crippen molar-refractivity contribution >= 4 is 11.5 Å². The summed E-state index contributed by atoms with van der Waals surface area (Å²) in [5.41, 5.74) is 6.92. The Kier molecular flexibility index (Phi) is 5.79. The fourth-order valence-corrected chi connectivity index (χ4v) is 6.14. The molecular weight excluding hydrogens is 447 g/mol. The molecule has 10 heteroatoms. The van der Waals surface area contributed by atoms with Gasteiger partial charge in [-0.05, 0) is 63.5 Å². The van der Waals surface area contributed by atoms with E-state index >= 15 is 0 Å². The summed E-state index contributed by atoms with van der Waals surface area (Å²) in [6.07, 6.45) is 2.78. The first-order valence-corrected chi connectivity index (χ1v) is 12.0. The molecule has 4 fully saturated rings. The number of halogens is 3. The number of alkyl halides is 3. The summed E-state index contributed by atoms with van der Waals surface area (Å²) in [7, 11) is 0. The van der Waals surface area contributed by atoms with Gasteiger partial charge in [0.05, 0.1) is 11.3 Å². The third kappa shape index (κ3) is 4.62. The third-order valence-electron chi connectivity index (χ3n) is 7.64. The number of hydrogen-bond donors (Lipinski definition) is 3. The van der Waals surface area contributed by atoms with Gasteiger partial charge < -0.3 is 25.9 Å². The van der Waals surface area contributed by atoms with Crippen molar-refractivity contribution in [3.05, 3.63) is 29.6 Å². The highest BCUT2D eigenvalue weighted by molar-refractivity contribution is 6.07. The van der Waals surface area contributed by atoms with Crippen molar-refractivity contribution in [1.29, 1.82) is 5.41 Å². The summed E-state index contributed by atoms with van der Waals surface area (Å²) in [5, 5.41) is 12.0. The molecule has 4 aliphatic rings. The smallest absolute Gasteiger partial charge is 0.402 e. The van der Waals surface area contributed by atoms with E-state index in [1.165, 1.54) is 19.0 Å². The third-order valence-corrected chi connectivity index (χ3v) is 7.64. The number of nitrogens with zero attached hydrogens (tertiary/aromatic N) is 2. The maximum Gasteiger partial charge on any atom is 0.573 e. The second-order valence-corrected chi connectivity index (χ2v) is 10.5. The molecule has 1 spiro atoms. The number of pyridine rings is 1. The van der Waals surface area contributed by atoms with Gasteiger partial charge in [-0.1, -0.05) is 0 Å². The van der Waals surface area contributed by atoms with Gasteiger partial charge in [0.15, 0.2) is 11.6 Å². The second-order valence-electron chi connectivity index (χ2n) is 10.5. The Bertz CT molecular complexity index is 969. The van der Waals surface area contributed by atoms with Gasteiger partial charge in [-0.2, -0.15) is 0 Å². The molecule has 186 valence electrons. The average molecular weight is 480 g/mol. The molecule has 0 unspecified atom stereocenters. The first kappa shape index (κ1) is 23.4. The summed E-state index contributed by atoms with van der Waals surface area (Å²) < 4.78 is 47.9. The van der Waals surface area contributed by atoms with E-state index in [1.807, 2.05) is 13.8 Å². The largest absolute Gasteiger partial charge is 0.573 e. The summed E-state index contributed by atoms with van der Waals surface area (Å²) in [6.45, 7) is 7.07. The molecule has 2 aliphatic heterocycles. The van der Waals surface area contributed by atoms with Gasteiger partial charge in [0.1, 0.15) is 0 Å². The Labute approximate surface area is 197 Å². The Balaban J connectivity index is 1.25. The van der Waals surface area contributed by atoms with Crippen molar-refractivity contribution in [3.63, 3.8) is 0 Å². The molecule has 0 bridgehead atoms. The first-order valence-electron chi connectivity index (χ1n) is 12.0. The summed E-state index contributed by atoms with van der Waals surface area (Å²) in [5.74, 6) is 0.544. The molecule has 34 heavy (non-hydrogen) atoms. The van der Waals surface area contributed by atoms with Crippen LogP contribution in [0.4, 0.5) is 19.0 Å². The molecule has 2 saturated heterocycles. The van der Waals surface area contributed by atoms with Crippen molar-refractivity contribution in [1.82, 2.24) is 15.2 Å². The number of nitrogens with one attached hydrogen (secondary N) is 2. The zero-order chi connectivity index (χ0) is 24.3. The first-order chi connectivity index (χ1) is 16.0. The fraction of sp³-hybridized carbons (Fsp3) is 0.667. The molecule has 5 rings (SSSR count). The highest BCUT2D eigenvalue weighted by atomic mass is 19.4. The lowest BCUT2D eigenvalue weighted by Gasteiger charge is -2.50. The number of anilines is 1. The lowest BCUT2D eigenvalue weighted by atomic mass is 9.88. The second kappa shape index (κ2) is 8.41. The topological polar surface area (TPSA) is 96.5 Å². The number of rotatable bonds is 7. The van der Waals surface area contributed by atoms with Gasteiger partial charge in [0.25, 0.3) is 0 Å². The molecule has 1 aromatic heterocycles. The van der Waals surface area contributed by atoms with Crippen LogP contribution in [-0.4, -0.2) is 59.3 Å². The van der Waals surface area contributed by atoms with Crippen LogP contribution in [0.15, 0.2) is 24.0 Å². The van der Waals surface area contributed by atoms with Crippen molar-refractivity contribution in [2.24, 2.45) is 17.8 Å². The van der Waals surface area contributed by atoms with Crippen LogP contribution in [0.1, 0.15) is 45.1 Å². The van der Waals surface area contributed by atoms with E-state index in [0.717, 1.165) is 44.3 Å². The van der Waals surface area contributed by atoms with Crippen LogP contribution in [0, 0.1) is 23.2 Å². The lowest BCUT2D eigenvalue weighted by molar-refractivity contribution is -0.274. The van der Waals surface area contributed by atoms with Gasteiger partial charge in [0.2, 0.25) is 0 Å². The molecule has 4 N–H and O–H groups in total. The van der Waals surface area contributed by atoms with Gasteiger partial charge in [-0.25, -0.2) is 4.98 Å². The summed E-state index contributed by atoms with van der Waals surface area (Å²) in [6, 6.07) is 1.90. The SMILES string of the molecule is CC(C)N/C(=C\C(=N)c1cnc(N)c(OC(F)(F)F)c1)[C@H]1[C@@H]2C[C@H](N3CC4(CCCO4)C3)C[C@@H]21. The normalized spacial score (nSPS) is 30.4. The van der Waals surface area contributed by atoms with Crippen LogP contribution in [0.5, 0.6) is 5.75 Å². The van der Waals surface area contributed by atoms with Crippen LogP contribution in [0.2, 0.25) is 0 Å². The van der Waals surface area contributed by atoms with E-state index < -0.39 is 12.1 Å². The van der Waals surface area contributed by atoms with E-state index in [4.69, 9.17) is 15.9 Å². The zero-order valence-corrected chi connectivity index (χ0v) is 19.5. The Morgan fingerprint density at radius 3 is 2.65 bits per heavy atom. The van der Waals surface area contributed by atoms with Crippen molar-refractivity contribution in [2.45, 2.75) is 63.6 Å². The number of nitrogen functional groups attached to an aromatic ring is 1. The Hall–Kier alpha value is -2.33. The van der Waals surface area contributed by atoms with Crippen molar-refractivity contribution in [3.8, 4) is 5.75 Å². The molecule has 0 aromatic carbocycles. The van der Waals surface area contributed by atoms with E-state index in [-0.39, 0.29) is 28.7 Å². The zero-order valence-electron chi connectivity index (χ0n) is 19.5. The molecule has 2 saturated carbocycles. The highest BCUT2D eigenvalue weighted by Crippen LogP contribution is 2.62. The number of likely N-dealkylation sites (tertiary alicyclic amines) is 1.